The van der Waals surface area contributed by atoms with Crippen molar-refractivity contribution in [3.63, 3.8) is 0 Å². The van der Waals surface area contributed by atoms with E-state index in [-0.39, 0.29) is 25.7 Å². The average Bonchev–Trinajstić information content (AvgIpc) is 0.970. The van der Waals surface area contributed by atoms with Gasteiger partial charge >= 0.3 is 39.5 Å². The van der Waals surface area contributed by atoms with Gasteiger partial charge in [-0.2, -0.15) is 0 Å². The maximum Gasteiger partial charge on any atom is 0.472 e. The molecule has 0 aliphatic rings. The Balaban J connectivity index is 5.20. The van der Waals surface area contributed by atoms with Gasteiger partial charge in [-0.05, 0) is 37.5 Å². The van der Waals surface area contributed by atoms with E-state index >= 15 is 0 Å². The molecule has 17 nitrogen and oxygen atoms in total. The second-order valence-electron chi connectivity index (χ2n) is 30.5. The topological polar surface area (TPSA) is 237 Å². The summed E-state index contributed by atoms with van der Waals surface area (Å²) in [5.74, 6) is -0.514. The fourth-order valence-electron chi connectivity index (χ4n) is 12.7. The summed E-state index contributed by atoms with van der Waals surface area (Å²) in [6, 6.07) is 0. The fraction of sp³-hybridized carbons (Fsp3) is 0.951. The standard InChI is InChI=1S/C82H160O17P2/c1-7-9-11-13-15-17-18-19-20-21-22-23-24-32-37-42-48-54-60-66-82(87)99-78(71-93-80(85)65-59-53-47-41-36-31-27-25-29-34-39-44-50-56-62-74(3)4)73-97-101(90,91)95-69-76(83)68-94-100(88,89)96-72-77(70-92-79(84)64-58-52-46-16-14-12-10-8-2)98-81(86)67-61-55-49-43-38-33-28-26-30-35-40-45-51-57-63-75(5)6/h74-78,83H,7-73H2,1-6H3,(H,88,89)(H,90,91)/t76-,77+,78+/m0/s1. The van der Waals surface area contributed by atoms with Crippen molar-refractivity contribution in [2.24, 2.45) is 11.8 Å². The molecule has 3 N–H and O–H groups in total. The summed E-state index contributed by atoms with van der Waals surface area (Å²) >= 11 is 0. The van der Waals surface area contributed by atoms with Crippen molar-refractivity contribution in [1.82, 2.24) is 0 Å². The zero-order chi connectivity index (χ0) is 74.2. The Morgan fingerprint density at radius 2 is 0.455 bits per heavy atom. The number of phosphoric ester groups is 2. The Morgan fingerprint density at radius 1 is 0.267 bits per heavy atom. The molecule has 0 spiro atoms. The lowest BCUT2D eigenvalue weighted by atomic mass is 10.0. The van der Waals surface area contributed by atoms with E-state index in [9.17, 15) is 43.2 Å². The Labute approximate surface area is 619 Å². The molecule has 0 fully saturated rings. The van der Waals surface area contributed by atoms with E-state index in [0.717, 1.165) is 108 Å². The van der Waals surface area contributed by atoms with Gasteiger partial charge in [0.25, 0.3) is 0 Å². The van der Waals surface area contributed by atoms with Gasteiger partial charge in [0.05, 0.1) is 26.4 Å². The molecule has 0 saturated heterocycles. The Hall–Kier alpha value is -1.94. The number of carbonyl (C=O) groups is 4. The summed E-state index contributed by atoms with van der Waals surface area (Å²) in [6.07, 6.45) is 63.9. The van der Waals surface area contributed by atoms with Crippen molar-refractivity contribution in [3.8, 4) is 0 Å². The number of unbranched alkanes of at least 4 members (excludes halogenated alkanes) is 51. The summed E-state index contributed by atoms with van der Waals surface area (Å²) in [7, 11) is -9.92. The lowest BCUT2D eigenvalue weighted by Gasteiger charge is -2.21. The number of rotatable bonds is 81. The van der Waals surface area contributed by atoms with Crippen LogP contribution < -0.4 is 0 Å². The molecule has 0 aliphatic heterocycles. The smallest absolute Gasteiger partial charge is 0.462 e. The normalized spacial score (nSPS) is 13.9. The van der Waals surface area contributed by atoms with Crippen molar-refractivity contribution < 1.29 is 80.2 Å². The van der Waals surface area contributed by atoms with Gasteiger partial charge in [0.1, 0.15) is 19.3 Å². The van der Waals surface area contributed by atoms with E-state index in [1.807, 2.05) is 0 Å². The van der Waals surface area contributed by atoms with Gasteiger partial charge in [0, 0.05) is 25.7 Å². The highest BCUT2D eigenvalue weighted by Crippen LogP contribution is 2.45. The van der Waals surface area contributed by atoms with Crippen LogP contribution in [0, 0.1) is 11.8 Å². The van der Waals surface area contributed by atoms with Crippen LogP contribution in [0.25, 0.3) is 0 Å². The molecule has 0 rings (SSSR count). The number of phosphoric acid groups is 2. The zero-order valence-electron chi connectivity index (χ0n) is 66.2. The van der Waals surface area contributed by atoms with Gasteiger partial charge in [0.15, 0.2) is 12.2 Å². The number of esters is 4. The lowest BCUT2D eigenvalue weighted by Crippen LogP contribution is -2.30. The van der Waals surface area contributed by atoms with Crippen LogP contribution in [0.4, 0.5) is 0 Å². The first-order valence-electron chi connectivity index (χ1n) is 42.5. The van der Waals surface area contributed by atoms with Crippen molar-refractivity contribution in [2.45, 2.75) is 452 Å². The third-order valence-electron chi connectivity index (χ3n) is 19.2. The first-order chi connectivity index (χ1) is 48.9. The maximum atomic E-state index is 13.1. The van der Waals surface area contributed by atoms with Gasteiger partial charge in [0.2, 0.25) is 0 Å². The van der Waals surface area contributed by atoms with Crippen LogP contribution in [0.5, 0.6) is 0 Å². The SMILES string of the molecule is CCCCCCCCCCCCCCCCCCCCCC(=O)O[C@H](COC(=O)CCCCCCCCCCCCCCCCC(C)C)COP(=O)(O)OC[C@@H](O)COP(=O)(O)OC[C@@H](COC(=O)CCCCCCCCCC)OC(=O)CCCCCCCCCCCCCCCCC(C)C. The first-order valence-corrected chi connectivity index (χ1v) is 45.5. The first kappa shape index (κ1) is 99.1. The van der Waals surface area contributed by atoms with Crippen molar-refractivity contribution in [1.29, 1.82) is 0 Å². The van der Waals surface area contributed by atoms with Crippen LogP contribution in [0.2, 0.25) is 0 Å². The molecule has 0 aromatic rings. The molecule has 0 aromatic carbocycles. The van der Waals surface area contributed by atoms with E-state index < -0.39 is 97.5 Å². The second kappa shape index (κ2) is 73.6. The van der Waals surface area contributed by atoms with Crippen molar-refractivity contribution in [2.75, 3.05) is 39.6 Å². The van der Waals surface area contributed by atoms with E-state index in [1.54, 1.807) is 0 Å². The van der Waals surface area contributed by atoms with E-state index in [2.05, 4.69) is 41.5 Å². The molecule has 0 saturated carbocycles. The maximum absolute atomic E-state index is 13.1. The monoisotopic (exact) mass is 1480 g/mol. The van der Waals surface area contributed by atoms with Gasteiger partial charge in [-0.15, -0.1) is 0 Å². The van der Waals surface area contributed by atoms with Crippen LogP contribution in [0.15, 0.2) is 0 Å². The van der Waals surface area contributed by atoms with Crippen LogP contribution in [0.1, 0.15) is 433 Å². The Kier molecular flexibility index (Phi) is 72.2. The molecule has 0 bridgehead atoms. The summed E-state index contributed by atoms with van der Waals surface area (Å²) in [5, 5.41) is 10.6. The van der Waals surface area contributed by atoms with Gasteiger partial charge in [-0.1, -0.05) is 382 Å². The van der Waals surface area contributed by atoms with Crippen LogP contribution in [-0.2, 0) is 65.4 Å². The van der Waals surface area contributed by atoms with Gasteiger partial charge < -0.3 is 33.8 Å². The zero-order valence-corrected chi connectivity index (χ0v) is 68.0. The average molecular weight is 1480 g/mol. The Bertz CT molecular complexity index is 1940. The highest BCUT2D eigenvalue weighted by molar-refractivity contribution is 7.47. The summed E-state index contributed by atoms with van der Waals surface area (Å²) in [6.45, 7) is 9.66. The number of hydrogen-bond donors (Lipinski definition) is 3. The summed E-state index contributed by atoms with van der Waals surface area (Å²) in [5.41, 5.74) is 0. The molecular formula is C82H160O17P2. The largest absolute Gasteiger partial charge is 0.472 e. The lowest BCUT2D eigenvalue weighted by molar-refractivity contribution is -0.161. The van der Waals surface area contributed by atoms with Crippen molar-refractivity contribution in [3.05, 3.63) is 0 Å². The third-order valence-corrected chi connectivity index (χ3v) is 21.1. The second-order valence-corrected chi connectivity index (χ2v) is 33.4. The minimum atomic E-state index is -4.96. The summed E-state index contributed by atoms with van der Waals surface area (Å²) in [4.78, 5) is 73.0. The predicted octanol–water partition coefficient (Wildman–Crippen LogP) is 24.7. The number of carbonyl (C=O) groups excluding carboxylic acids is 4. The number of aliphatic hydroxyl groups is 1. The molecular weight excluding hydrogens is 1320 g/mol. The van der Waals surface area contributed by atoms with Crippen molar-refractivity contribution >= 4 is 39.5 Å². The Morgan fingerprint density at radius 3 is 0.673 bits per heavy atom. The molecule has 5 atom stereocenters. The molecule has 0 amide bonds. The third kappa shape index (κ3) is 76.1. The molecule has 0 aliphatic carbocycles. The minimum absolute atomic E-state index is 0.108. The quantitative estimate of drug-likeness (QED) is 0.0222. The van der Waals surface area contributed by atoms with E-state index in [1.165, 1.54) is 244 Å². The molecule has 101 heavy (non-hydrogen) atoms. The van der Waals surface area contributed by atoms with Crippen LogP contribution in [0.3, 0.4) is 0 Å². The highest BCUT2D eigenvalue weighted by atomic mass is 31.2. The molecule has 0 heterocycles. The fourth-order valence-corrected chi connectivity index (χ4v) is 14.3. The number of hydrogen-bond acceptors (Lipinski definition) is 15. The van der Waals surface area contributed by atoms with E-state index in [0.29, 0.717) is 25.7 Å². The van der Waals surface area contributed by atoms with Gasteiger partial charge in [-0.3, -0.25) is 37.3 Å². The highest BCUT2D eigenvalue weighted by Gasteiger charge is 2.30. The van der Waals surface area contributed by atoms with E-state index in [4.69, 9.17) is 37.0 Å². The van der Waals surface area contributed by atoms with Crippen LogP contribution >= 0.6 is 15.6 Å². The summed E-state index contributed by atoms with van der Waals surface area (Å²) < 4.78 is 68.7. The molecule has 600 valence electrons. The predicted molar refractivity (Wildman–Crippen MR) is 414 cm³/mol. The number of ether oxygens (including phenoxy) is 4. The minimum Gasteiger partial charge on any atom is -0.462 e. The van der Waals surface area contributed by atoms with Gasteiger partial charge in [-0.25, -0.2) is 9.13 Å². The molecule has 0 radical (unpaired) electrons. The molecule has 0 aromatic heterocycles. The molecule has 19 heteroatoms. The number of aliphatic hydroxyl groups excluding tert-OH is 1. The molecule has 2 unspecified atom stereocenters. The van der Waals surface area contributed by atoms with Crippen LogP contribution in [-0.4, -0.2) is 96.7 Å².